The van der Waals surface area contributed by atoms with Crippen molar-refractivity contribution in [1.29, 1.82) is 0 Å². The van der Waals surface area contributed by atoms with Crippen LogP contribution < -0.4 is 5.73 Å². The summed E-state index contributed by atoms with van der Waals surface area (Å²) in [6.45, 7) is 1.35. The van der Waals surface area contributed by atoms with Crippen molar-refractivity contribution in [3.63, 3.8) is 0 Å². The van der Waals surface area contributed by atoms with Crippen molar-refractivity contribution >= 4 is 22.4 Å². The van der Waals surface area contributed by atoms with Gasteiger partial charge < -0.3 is 10.5 Å². The molecule has 2 aromatic heterocycles. The fourth-order valence-corrected chi connectivity index (χ4v) is 2.43. The summed E-state index contributed by atoms with van der Waals surface area (Å²) in [6, 6.07) is 0. The van der Waals surface area contributed by atoms with Crippen LogP contribution in [0.1, 0.15) is 18.5 Å². The Balaban J connectivity index is 2.15. The number of hydrogen-bond donors (Lipinski definition) is 1. The smallest absolute Gasteiger partial charge is 0.194 e. The maximum absolute atomic E-state index is 5.53. The summed E-state index contributed by atoms with van der Waals surface area (Å²) in [5.74, 6) is 0. The topological polar surface area (TPSA) is 52.5 Å². The van der Waals surface area contributed by atoms with Gasteiger partial charge in [-0.05, 0) is 31.0 Å². The van der Waals surface area contributed by atoms with Gasteiger partial charge in [-0.15, -0.1) is 11.3 Å². The van der Waals surface area contributed by atoms with E-state index in [0.29, 0.717) is 13.2 Å². The summed E-state index contributed by atoms with van der Waals surface area (Å²) >= 11 is 1.64. The fourth-order valence-electron chi connectivity index (χ4n) is 1.72. The van der Waals surface area contributed by atoms with E-state index in [1.165, 1.54) is 5.57 Å². The largest absolute Gasteiger partial charge is 0.380 e. The van der Waals surface area contributed by atoms with Gasteiger partial charge in [-0.1, -0.05) is 0 Å². The molecular weight excluding hydrogens is 234 g/mol. The lowest BCUT2D eigenvalue weighted by Crippen LogP contribution is -2.01. The molecule has 4 nitrogen and oxygen atoms in total. The van der Waals surface area contributed by atoms with Crippen molar-refractivity contribution < 1.29 is 4.74 Å². The Morgan fingerprint density at radius 2 is 2.53 bits per heavy atom. The van der Waals surface area contributed by atoms with E-state index in [-0.39, 0.29) is 0 Å². The monoisotopic (exact) mass is 251 g/mol. The first kappa shape index (κ1) is 12.3. The second kappa shape index (κ2) is 5.95. The van der Waals surface area contributed by atoms with Crippen LogP contribution in [0.2, 0.25) is 0 Å². The van der Waals surface area contributed by atoms with Gasteiger partial charge in [-0.2, -0.15) is 0 Å². The molecule has 0 fully saturated rings. The molecule has 0 unspecified atom stereocenters. The Labute approximate surface area is 105 Å². The predicted molar refractivity (Wildman–Crippen MR) is 71.2 cm³/mol. The second-order valence-electron chi connectivity index (χ2n) is 3.89. The highest BCUT2D eigenvalue weighted by Gasteiger charge is 2.02. The molecule has 0 amide bonds. The first-order valence-electron chi connectivity index (χ1n) is 5.64. The van der Waals surface area contributed by atoms with E-state index in [4.69, 9.17) is 10.5 Å². The first-order chi connectivity index (χ1) is 8.33. The third-order valence-electron chi connectivity index (χ3n) is 2.50. The van der Waals surface area contributed by atoms with Gasteiger partial charge in [0.2, 0.25) is 0 Å². The van der Waals surface area contributed by atoms with Crippen LogP contribution in [0.3, 0.4) is 0 Å². The van der Waals surface area contributed by atoms with Gasteiger partial charge >= 0.3 is 0 Å². The van der Waals surface area contributed by atoms with E-state index >= 15 is 0 Å². The molecule has 0 aliphatic heterocycles. The molecule has 0 aliphatic carbocycles. The molecule has 2 rings (SSSR count). The molecule has 0 bridgehead atoms. The minimum atomic E-state index is 0.644. The van der Waals surface area contributed by atoms with Crippen LogP contribution in [0.5, 0.6) is 0 Å². The van der Waals surface area contributed by atoms with Crippen molar-refractivity contribution in [2.24, 2.45) is 5.73 Å². The SMILES string of the molecule is COC/C(=C/c1cn2ccsc2n1)CCCN. The molecule has 92 valence electrons. The number of fused-ring (bicyclic) bond motifs is 1. The first-order valence-corrected chi connectivity index (χ1v) is 6.52. The number of methoxy groups -OCH3 is 1. The molecule has 5 heteroatoms. The highest BCUT2D eigenvalue weighted by molar-refractivity contribution is 7.15. The van der Waals surface area contributed by atoms with E-state index in [0.717, 1.165) is 23.5 Å². The summed E-state index contributed by atoms with van der Waals surface area (Å²) < 4.78 is 7.22. The van der Waals surface area contributed by atoms with Crippen LogP contribution in [0.25, 0.3) is 11.0 Å². The van der Waals surface area contributed by atoms with Gasteiger partial charge in [-0.3, -0.25) is 4.40 Å². The van der Waals surface area contributed by atoms with E-state index < -0.39 is 0 Å². The van der Waals surface area contributed by atoms with Crippen molar-refractivity contribution in [2.75, 3.05) is 20.3 Å². The molecule has 0 aliphatic rings. The van der Waals surface area contributed by atoms with Crippen LogP contribution >= 0.6 is 11.3 Å². The van der Waals surface area contributed by atoms with Gasteiger partial charge in [0.25, 0.3) is 0 Å². The molecule has 0 radical (unpaired) electrons. The van der Waals surface area contributed by atoms with E-state index in [9.17, 15) is 0 Å². The van der Waals surface area contributed by atoms with Crippen molar-refractivity contribution in [3.8, 4) is 0 Å². The maximum atomic E-state index is 5.53. The zero-order valence-corrected chi connectivity index (χ0v) is 10.7. The van der Waals surface area contributed by atoms with Crippen LogP contribution in [-0.4, -0.2) is 29.6 Å². The minimum Gasteiger partial charge on any atom is -0.380 e. The third-order valence-corrected chi connectivity index (χ3v) is 3.27. The molecule has 0 saturated carbocycles. The zero-order valence-electron chi connectivity index (χ0n) is 9.93. The third kappa shape index (κ3) is 3.15. The fraction of sp³-hybridized carbons (Fsp3) is 0.417. The number of ether oxygens (including phenoxy) is 1. The molecule has 2 aromatic rings. The van der Waals surface area contributed by atoms with Gasteiger partial charge in [-0.25, -0.2) is 4.98 Å². The van der Waals surface area contributed by atoms with Crippen LogP contribution in [0.4, 0.5) is 0 Å². The molecule has 2 heterocycles. The van der Waals surface area contributed by atoms with Gasteiger partial charge in [0.1, 0.15) is 0 Å². The number of imidazole rings is 1. The summed E-state index contributed by atoms with van der Waals surface area (Å²) in [5.41, 5.74) is 7.75. The number of nitrogens with zero attached hydrogens (tertiary/aromatic N) is 2. The van der Waals surface area contributed by atoms with Crippen LogP contribution in [-0.2, 0) is 4.74 Å². The average molecular weight is 251 g/mol. The highest BCUT2D eigenvalue weighted by atomic mass is 32.1. The molecule has 0 saturated heterocycles. The number of rotatable bonds is 6. The molecule has 0 aromatic carbocycles. The second-order valence-corrected chi connectivity index (χ2v) is 4.76. The molecule has 0 atom stereocenters. The Morgan fingerprint density at radius 3 is 3.24 bits per heavy atom. The van der Waals surface area contributed by atoms with Gasteiger partial charge in [0.15, 0.2) is 4.96 Å². The molecule has 0 spiro atoms. The maximum Gasteiger partial charge on any atom is 0.194 e. The van der Waals surface area contributed by atoms with E-state index in [1.54, 1.807) is 18.4 Å². The normalized spacial score (nSPS) is 12.5. The summed E-state index contributed by atoms with van der Waals surface area (Å²) in [7, 11) is 1.71. The van der Waals surface area contributed by atoms with Crippen molar-refractivity contribution in [2.45, 2.75) is 12.8 Å². The van der Waals surface area contributed by atoms with Crippen LogP contribution in [0, 0.1) is 0 Å². The Kier molecular flexibility index (Phi) is 4.30. The van der Waals surface area contributed by atoms with Gasteiger partial charge in [0, 0.05) is 24.9 Å². The van der Waals surface area contributed by atoms with Gasteiger partial charge in [0.05, 0.1) is 12.3 Å². The average Bonchev–Trinajstić information content (AvgIpc) is 2.86. The van der Waals surface area contributed by atoms with Crippen molar-refractivity contribution in [1.82, 2.24) is 9.38 Å². The highest BCUT2D eigenvalue weighted by Crippen LogP contribution is 2.15. The summed E-state index contributed by atoms with van der Waals surface area (Å²) in [6.07, 6.45) is 8.09. The molecule has 2 N–H and O–H groups in total. The lowest BCUT2D eigenvalue weighted by atomic mass is 10.1. The zero-order chi connectivity index (χ0) is 12.1. The summed E-state index contributed by atoms with van der Waals surface area (Å²) in [4.78, 5) is 5.54. The van der Waals surface area contributed by atoms with E-state index in [2.05, 4.69) is 11.1 Å². The Morgan fingerprint density at radius 1 is 1.65 bits per heavy atom. The molecular formula is C12H17N3OS. The Bertz CT molecular complexity index is 472. The number of aromatic nitrogens is 2. The Hall–Kier alpha value is -1.17. The van der Waals surface area contributed by atoms with E-state index in [1.807, 2.05) is 22.2 Å². The number of nitrogens with two attached hydrogens (primary N) is 1. The lowest BCUT2D eigenvalue weighted by molar-refractivity contribution is 0.223. The summed E-state index contributed by atoms with van der Waals surface area (Å²) in [5, 5.41) is 2.03. The predicted octanol–water partition coefficient (Wildman–Crippen LogP) is 2.16. The molecule has 17 heavy (non-hydrogen) atoms. The minimum absolute atomic E-state index is 0.644. The number of thiazole rings is 1. The quantitative estimate of drug-likeness (QED) is 0.856. The number of hydrogen-bond acceptors (Lipinski definition) is 4. The lowest BCUT2D eigenvalue weighted by Gasteiger charge is -2.04. The van der Waals surface area contributed by atoms with Crippen molar-refractivity contribution in [3.05, 3.63) is 29.0 Å². The van der Waals surface area contributed by atoms with Crippen LogP contribution in [0.15, 0.2) is 23.3 Å². The standard InChI is InChI=1S/C12H17N3OS/c1-16-9-10(3-2-4-13)7-11-8-15-5-6-17-12(15)14-11/h5-8H,2-4,9,13H2,1H3/b10-7+.